The Bertz CT molecular complexity index is 207. The maximum Gasteiger partial charge on any atom is 0.109 e. The van der Waals surface area contributed by atoms with Crippen molar-refractivity contribution in [2.75, 3.05) is 0 Å². The molecular weight excluding hydrogens is 248 g/mol. The van der Waals surface area contributed by atoms with Gasteiger partial charge in [0.2, 0.25) is 0 Å². The molecule has 3 heteroatoms. The van der Waals surface area contributed by atoms with E-state index in [1.54, 1.807) is 0 Å². The van der Waals surface area contributed by atoms with Crippen LogP contribution in [0.3, 0.4) is 0 Å². The summed E-state index contributed by atoms with van der Waals surface area (Å²) in [6, 6.07) is 1.95. The van der Waals surface area contributed by atoms with Crippen molar-refractivity contribution < 1.29 is 0 Å². The Hall–Kier alpha value is 0.300. The van der Waals surface area contributed by atoms with Crippen molar-refractivity contribution in [3.8, 4) is 0 Å². The minimum atomic E-state index is 0.821. The highest BCUT2D eigenvalue weighted by molar-refractivity contribution is 14.1. The quantitative estimate of drug-likeness (QED) is 0.680. The SMILES string of the molecule is CCn1cc(I)cc1Cl. The number of halogens is 2. The van der Waals surface area contributed by atoms with Gasteiger partial charge in [-0.1, -0.05) is 11.6 Å². The van der Waals surface area contributed by atoms with Crippen molar-refractivity contribution in [2.45, 2.75) is 13.5 Å². The first kappa shape index (κ1) is 7.41. The molecule has 1 nitrogen and oxygen atoms in total. The summed E-state index contributed by atoms with van der Waals surface area (Å²) in [5.74, 6) is 0. The van der Waals surface area contributed by atoms with Crippen molar-refractivity contribution >= 4 is 34.2 Å². The predicted octanol–water partition coefficient (Wildman–Crippen LogP) is 2.77. The van der Waals surface area contributed by atoms with Gasteiger partial charge in [-0.25, -0.2) is 0 Å². The van der Waals surface area contributed by atoms with Gasteiger partial charge in [-0.05, 0) is 35.6 Å². The molecule has 0 bridgehead atoms. The fraction of sp³-hybridized carbons (Fsp3) is 0.333. The van der Waals surface area contributed by atoms with Gasteiger partial charge >= 0.3 is 0 Å². The van der Waals surface area contributed by atoms with Gasteiger partial charge in [0.1, 0.15) is 5.15 Å². The van der Waals surface area contributed by atoms with E-state index >= 15 is 0 Å². The summed E-state index contributed by atoms with van der Waals surface area (Å²) >= 11 is 8.05. The maximum atomic E-state index is 5.80. The molecule has 0 atom stereocenters. The summed E-state index contributed by atoms with van der Waals surface area (Å²) < 4.78 is 3.20. The molecule has 50 valence electrons. The van der Waals surface area contributed by atoms with Gasteiger partial charge < -0.3 is 4.57 Å². The molecule has 0 saturated carbocycles. The van der Waals surface area contributed by atoms with Crippen LogP contribution in [0.5, 0.6) is 0 Å². The lowest BCUT2D eigenvalue weighted by atomic mass is 10.7. The lowest BCUT2D eigenvalue weighted by Crippen LogP contribution is -1.89. The van der Waals surface area contributed by atoms with Crippen molar-refractivity contribution in [1.82, 2.24) is 4.57 Å². The Morgan fingerprint density at radius 1 is 1.78 bits per heavy atom. The zero-order valence-electron chi connectivity index (χ0n) is 5.06. The van der Waals surface area contributed by atoms with Crippen molar-refractivity contribution in [3.05, 3.63) is 21.0 Å². The molecule has 0 aliphatic heterocycles. The Kier molecular flexibility index (Phi) is 2.41. The molecule has 0 aliphatic carbocycles. The molecule has 0 spiro atoms. The van der Waals surface area contributed by atoms with Crippen LogP contribution >= 0.6 is 34.2 Å². The van der Waals surface area contributed by atoms with Gasteiger partial charge in [-0.2, -0.15) is 0 Å². The van der Waals surface area contributed by atoms with E-state index in [1.165, 1.54) is 3.57 Å². The Labute approximate surface area is 73.1 Å². The molecule has 0 aliphatic rings. The summed E-state index contributed by atoms with van der Waals surface area (Å²) in [6.07, 6.45) is 2.03. The molecule has 0 saturated heterocycles. The predicted molar refractivity (Wildman–Crippen MR) is 47.8 cm³/mol. The fourth-order valence-corrected chi connectivity index (χ4v) is 1.79. The van der Waals surface area contributed by atoms with E-state index in [0.717, 1.165) is 11.7 Å². The average molecular weight is 255 g/mol. The molecule has 1 heterocycles. The van der Waals surface area contributed by atoms with Crippen LogP contribution in [-0.2, 0) is 6.54 Å². The molecule has 9 heavy (non-hydrogen) atoms. The van der Waals surface area contributed by atoms with Crippen LogP contribution < -0.4 is 0 Å². The first-order valence-electron chi connectivity index (χ1n) is 2.75. The molecular formula is C6H7ClIN. The smallest absolute Gasteiger partial charge is 0.109 e. The lowest BCUT2D eigenvalue weighted by Gasteiger charge is -1.95. The monoisotopic (exact) mass is 255 g/mol. The van der Waals surface area contributed by atoms with Gasteiger partial charge in [0.25, 0.3) is 0 Å². The molecule has 0 radical (unpaired) electrons. The van der Waals surface area contributed by atoms with Crippen molar-refractivity contribution in [2.24, 2.45) is 0 Å². The maximum absolute atomic E-state index is 5.80. The van der Waals surface area contributed by atoms with Crippen LogP contribution in [0.4, 0.5) is 0 Å². The summed E-state index contributed by atoms with van der Waals surface area (Å²) in [7, 11) is 0. The van der Waals surface area contributed by atoms with E-state index in [2.05, 4.69) is 29.5 Å². The molecule has 0 fully saturated rings. The number of aryl methyl sites for hydroxylation is 1. The molecule has 0 N–H and O–H groups in total. The molecule has 0 amide bonds. The second kappa shape index (κ2) is 2.92. The van der Waals surface area contributed by atoms with Crippen LogP contribution in [0.15, 0.2) is 12.3 Å². The van der Waals surface area contributed by atoms with Gasteiger partial charge in [0, 0.05) is 16.3 Å². The summed E-state index contributed by atoms with van der Waals surface area (Å²) in [6.45, 7) is 3.02. The largest absolute Gasteiger partial charge is 0.338 e. The molecule has 1 rings (SSSR count). The third-order valence-corrected chi connectivity index (χ3v) is 2.07. The number of rotatable bonds is 1. The highest BCUT2D eigenvalue weighted by Gasteiger charge is 1.96. The van der Waals surface area contributed by atoms with E-state index in [0.29, 0.717) is 0 Å². The van der Waals surface area contributed by atoms with E-state index in [1.807, 2.05) is 16.8 Å². The van der Waals surface area contributed by atoms with E-state index < -0.39 is 0 Å². The number of hydrogen-bond donors (Lipinski definition) is 0. The second-order valence-electron chi connectivity index (χ2n) is 1.77. The van der Waals surface area contributed by atoms with Gasteiger partial charge in [-0.15, -0.1) is 0 Å². The minimum absolute atomic E-state index is 0.821. The second-order valence-corrected chi connectivity index (χ2v) is 3.40. The van der Waals surface area contributed by atoms with Crippen molar-refractivity contribution in [1.29, 1.82) is 0 Å². The average Bonchev–Trinajstić information content (AvgIpc) is 2.10. The molecule has 0 unspecified atom stereocenters. The van der Waals surface area contributed by atoms with Crippen LogP contribution in [0.25, 0.3) is 0 Å². The zero-order chi connectivity index (χ0) is 6.85. The normalized spacial score (nSPS) is 10.1. The van der Waals surface area contributed by atoms with Crippen LogP contribution in [0.2, 0.25) is 5.15 Å². The van der Waals surface area contributed by atoms with Gasteiger partial charge in [0.15, 0.2) is 0 Å². The summed E-state index contributed by atoms with van der Waals surface area (Å²) in [5.41, 5.74) is 0. The minimum Gasteiger partial charge on any atom is -0.338 e. The number of aromatic nitrogens is 1. The number of hydrogen-bond acceptors (Lipinski definition) is 0. The topological polar surface area (TPSA) is 4.93 Å². The Morgan fingerprint density at radius 3 is 2.67 bits per heavy atom. The molecule has 0 aromatic carbocycles. The van der Waals surface area contributed by atoms with Gasteiger partial charge in [-0.3, -0.25) is 0 Å². The zero-order valence-corrected chi connectivity index (χ0v) is 7.98. The highest BCUT2D eigenvalue weighted by Crippen LogP contribution is 2.15. The van der Waals surface area contributed by atoms with E-state index in [4.69, 9.17) is 11.6 Å². The third-order valence-electron chi connectivity index (χ3n) is 1.15. The van der Waals surface area contributed by atoms with Crippen LogP contribution in [0.1, 0.15) is 6.92 Å². The third kappa shape index (κ3) is 1.61. The Balaban J connectivity index is 3.01. The highest BCUT2D eigenvalue weighted by atomic mass is 127. The van der Waals surface area contributed by atoms with Gasteiger partial charge in [0.05, 0.1) is 0 Å². The van der Waals surface area contributed by atoms with E-state index in [-0.39, 0.29) is 0 Å². The van der Waals surface area contributed by atoms with Crippen molar-refractivity contribution in [3.63, 3.8) is 0 Å². The summed E-state index contributed by atoms with van der Waals surface area (Å²) in [5, 5.41) is 0.821. The molecule has 1 aromatic heterocycles. The number of nitrogens with zero attached hydrogens (tertiary/aromatic N) is 1. The van der Waals surface area contributed by atoms with Crippen LogP contribution in [-0.4, -0.2) is 4.57 Å². The molecule has 1 aromatic rings. The lowest BCUT2D eigenvalue weighted by molar-refractivity contribution is 0.769. The first-order chi connectivity index (χ1) is 4.24. The fourth-order valence-electron chi connectivity index (χ4n) is 0.687. The summed E-state index contributed by atoms with van der Waals surface area (Å²) in [4.78, 5) is 0. The van der Waals surface area contributed by atoms with Crippen LogP contribution in [0, 0.1) is 3.57 Å². The Morgan fingerprint density at radius 2 is 2.44 bits per heavy atom. The first-order valence-corrected chi connectivity index (χ1v) is 4.21. The van der Waals surface area contributed by atoms with E-state index in [9.17, 15) is 0 Å². The standard InChI is InChI=1S/C6H7ClIN/c1-2-9-4-5(8)3-6(9)7/h3-4H,2H2,1H3.